The van der Waals surface area contributed by atoms with Gasteiger partial charge in [0.1, 0.15) is 0 Å². The number of rotatable bonds is 3. The summed E-state index contributed by atoms with van der Waals surface area (Å²) in [6.45, 7) is 3.83. The van der Waals surface area contributed by atoms with Crippen LogP contribution in [0.15, 0.2) is 23.1 Å². The minimum Gasteiger partial charge on any atom is -0.207 e. The van der Waals surface area contributed by atoms with E-state index >= 15 is 0 Å². The minimum atomic E-state index is -3.43. The molecule has 1 aromatic rings. The molecule has 22 heavy (non-hydrogen) atoms. The quantitative estimate of drug-likeness (QED) is 0.926. The van der Waals surface area contributed by atoms with Crippen molar-refractivity contribution in [1.82, 2.24) is 4.72 Å². The Morgan fingerprint density at radius 2 is 1.55 bits per heavy atom. The first-order chi connectivity index (χ1) is 10.4. The Morgan fingerprint density at radius 3 is 2.09 bits per heavy atom. The van der Waals surface area contributed by atoms with Gasteiger partial charge in [0, 0.05) is 5.54 Å². The zero-order valence-corrected chi connectivity index (χ0v) is 14.2. The Balaban J connectivity index is 1.66. The Morgan fingerprint density at radius 1 is 1.00 bits per heavy atom. The first-order valence-corrected chi connectivity index (χ1v) is 9.95. The van der Waals surface area contributed by atoms with Crippen LogP contribution in [-0.4, -0.2) is 14.0 Å². The van der Waals surface area contributed by atoms with E-state index in [1.807, 2.05) is 26.0 Å². The third kappa shape index (κ3) is 2.41. The summed E-state index contributed by atoms with van der Waals surface area (Å²) >= 11 is 0. The Labute approximate surface area is 133 Å². The summed E-state index contributed by atoms with van der Waals surface area (Å²) in [7, 11) is -3.43. The fourth-order valence-corrected chi connectivity index (χ4v) is 7.34. The van der Waals surface area contributed by atoms with E-state index in [1.54, 1.807) is 6.07 Å². The van der Waals surface area contributed by atoms with Gasteiger partial charge in [-0.05, 0) is 87.3 Å². The maximum Gasteiger partial charge on any atom is 0.241 e. The van der Waals surface area contributed by atoms with Crippen LogP contribution in [0.3, 0.4) is 0 Å². The number of sulfonamides is 1. The summed E-state index contributed by atoms with van der Waals surface area (Å²) < 4.78 is 29.1. The third-order valence-electron chi connectivity index (χ3n) is 6.02. The van der Waals surface area contributed by atoms with Crippen molar-refractivity contribution >= 4 is 10.0 Å². The molecule has 0 spiro atoms. The molecule has 4 bridgehead atoms. The summed E-state index contributed by atoms with van der Waals surface area (Å²) in [5.41, 5.74) is 1.67. The van der Waals surface area contributed by atoms with Crippen LogP contribution in [0.1, 0.15) is 49.7 Å². The van der Waals surface area contributed by atoms with Crippen LogP contribution in [0.5, 0.6) is 0 Å². The summed E-state index contributed by atoms with van der Waals surface area (Å²) in [5, 5.41) is 0. The predicted molar refractivity (Wildman–Crippen MR) is 87.1 cm³/mol. The Kier molecular flexibility index (Phi) is 3.22. The van der Waals surface area contributed by atoms with Crippen LogP contribution < -0.4 is 4.72 Å². The molecule has 1 aromatic carbocycles. The van der Waals surface area contributed by atoms with Gasteiger partial charge in [-0.1, -0.05) is 12.1 Å². The molecule has 0 heterocycles. The van der Waals surface area contributed by atoms with E-state index in [0.717, 1.165) is 48.1 Å². The van der Waals surface area contributed by atoms with E-state index in [2.05, 4.69) is 4.72 Å². The molecule has 5 rings (SSSR count). The van der Waals surface area contributed by atoms with Crippen LogP contribution in [0.4, 0.5) is 0 Å². The molecule has 0 amide bonds. The highest BCUT2D eigenvalue weighted by Gasteiger charge is 2.52. The minimum absolute atomic E-state index is 0.163. The number of hydrogen-bond donors (Lipinski definition) is 1. The normalized spacial score (nSPS) is 36.7. The van der Waals surface area contributed by atoms with Crippen molar-refractivity contribution in [2.24, 2.45) is 17.8 Å². The summed E-state index contributed by atoms with van der Waals surface area (Å²) in [4.78, 5) is 0.461. The van der Waals surface area contributed by atoms with Crippen molar-refractivity contribution in [2.45, 2.75) is 62.8 Å². The number of hydrogen-bond acceptors (Lipinski definition) is 2. The van der Waals surface area contributed by atoms with E-state index in [1.165, 1.54) is 19.3 Å². The summed E-state index contributed by atoms with van der Waals surface area (Å²) in [6, 6.07) is 5.68. The summed E-state index contributed by atoms with van der Waals surface area (Å²) in [5.74, 6) is 2.23. The third-order valence-corrected chi connectivity index (χ3v) is 7.74. The van der Waals surface area contributed by atoms with Gasteiger partial charge in [0.25, 0.3) is 0 Å². The molecule has 4 heteroatoms. The molecule has 4 saturated carbocycles. The Bertz CT molecular complexity index is 673. The topological polar surface area (TPSA) is 46.2 Å². The molecule has 4 fully saturated rings. The first-order valence-electron chi connectivity index (χ1n) is 8.46. The van der Waals surface area contributed by atoms with Crippen LogP contribution >= 0.6 is 0 Å². The van der Waals surface area contributed by atoms with Crippen LogP contribution in [0.25, 0.3) is 0 Å². The molecule has 3 nitrogen and oxygen atoms in total. The second kappa shape index (κ2) is 4.81. The zero-order valence-electron chi connectivity index (χ0n) is 13.4. The first kappa shape index (κ1) is 14.7. The molecule has 0 saturated heterocycles. The molecule has 0 unspecified atom stereocenters. The van der Waals surface area contributed by atoms with Gasteiger partial charge < -0.3 is 0 Å². The molecule has 0 aromatic heterocycles. The number of benzene rings is 1. The van der Waals surface area contributed by atoms with Crippen molar-refractivity contribution < 1.29 is 8.42 Å². The van der Waals surface area contributed by atoms with Gasteiger partial charge in [-0.25, -0.2) is 13.1 Å². The van der Waals surface area contributed by atoms with Crippen molar-refractivity contribution in [3.63, 3.8) is 0 Å². The molecule has 0 radical (unpaired) electrons. The van der Waals surface area contributed by atoms with Gasteiger partial charge in [-0.15, -0.1) is 0 Å². The van der Waals surface area contributed by atoms with E-state index in [0.29, 0.717) is 4.90 Å². The van der Waals surface area contributed by atoms with Crippen molar-refractivity contribution in [3.8, 4) is 0 Å². The van der Waals surface area contributed by atoms with Crippen molar-refractivity contribution in [3.05, 3.63) is 29.3 Å². The van der Waals surface area contributed by atoms with Crippen LogP contribution in [0.2, 0.25) is 0 Å². The van der Waals surface area contributed by atoms with E-state index < -0.39 is 10.0 Å². The Hall–Kier alpha value is -0.870. The van der Waals surface area contributed by atoms with Gasteiger partial charge in [0.2, 0.25) is 10.0 Å². The van der Waals surface area contributed by atoms with Gasteiger partial charge in [-0.3, -0.25) is 0 Å². The van der Waals surface area contributed by atoms with Crippen molar-refractivity contribution in [2.75, 3.05) is 0 Å². The molecular weight excluding hydrogens is 294 g/mol. The lowest BCUT2D eigenvalue weighted by molar-refractivity contribution is -0.00810. The molecule has 4 aliphatic rings. The summed E-state index contributed by atoms with van der Waals surface area (Å²) in [6.07, 6.45) is 7.11. The lowest BCUT2D eigenvalue weighted by Crippen LogP contribution is -2.59. The fourth-order valence-electron chi connectivity index (χ4n) is 5.57. The lowest BCUT2D eigenvalue weighted by Gasteiger charge is -2.56. The van der Waals surface area contributed by atoms with Crippen molar-refractivity contribution in [1.29, 1.82) is 0 Å². The average molecular weight is 319 g/mol. The van der Waals surface area contributed by atoms with Gasteiger partial charge in [0.05, 0.1) is 4.90 Å². The van der Waals surface area contributed by atoms with E-state index in [-0.39, 0.29) is 5.54 Å². The highest BCUT2D eigenvalue weighted by atomic mass is 32.2. The smallest absolute Gasteiger partial charge is 0.207 e. The highest BCUT2D eigenvalue weighted by Crippen LogP contribution is 2.56. The van der Waals surface area contributed by atoms with Crippen LogP contribution in [0, 0.1) is 31.6 Å². The molecule has 120 valence electrons. The highest BCUT2D eigenvalue weighted by molar-refractivity contribution is 7.89. The van der Waals surface area contributed by atoms with Gasteiger partial charge >= 0.3 is 0 Å². The maximum absolute atomic E-state index is 13.0. The molecule has 0 aliphatic heterocycles. The van der Waals surface area contributed by atoms with Crippen LogP contribution in [-0.2, 0) is 10.0 Å². The number of aryl methyl sites for hydroxylation is 2. The maximum atomic E-state index is 13.0. The largest absolute Gasteiger partial charge is 0.241 e. The van der Waals surface area contributed by atoms with E-state index in [4.69, 9.17) is 0 Å². The fraction of sp³-hybridized carbons (Fsp3) is 0.667. The molecule has 0 atom stereocenters. The molecular formula is C18H25NO2S. The lowest BCUT2D eigenvalue weighted by atomic mass is 9.53. The SMILES string of the molecule is Cc1ccc(C)c(S(=O)(=O)NC23CC4CC(CC(C4)C2)C3)c1. The van der Waals surface area contributed by atoms with E-state index in [9.17, 15) is 8.42 Å². The second-order valence-electron chi connectivity index (χ2n) is 8.07. The predicted octanol–water partition coefficient (Wildman–Crippen LogP) is 3.55. The molecule has 4 aliphatic carbocycles. The zero-order chi connectivity index (χ0) is 15.5. The number of nitrogens with one attached hydrogen (secondary N) is 1. The monoisotopic (exact) mass is 319 g/mol. The standard InChI is InChI=1S/C18H25NO2S/c1-12-3-4-13(2)17(5-12)22(20,21)19-18-9-14-6-15(10-18)8-16(7-14)11-18/h3-5,14-16,19H,6-11H2,1-2H3. The average Bonchev–Trinajstić information content (AvgIpc) is 2.38. The van der Waals surface area contributed by atoms with Gasteiger partial charge in [-0.2, -0.15) is 0 Å². The van der Waals surface area contributed by atoms with Gasteiger partial charge in [0.15, 0.2) is 0 Å². The molecule has 1 N–H and O–H groups in total. The second-order valence-corrected chi connectivity index (χ2v) is 9.72.